The van der Waals surface area contributed by atoms with Gasteiger partial charge in [-0.15, -0.1) is 0 Å². The van der Waals surface area contributed by atoms with Gasteiger partial charge in [-0.3, -0.25) is 0 Å². The third-order valence-electron chi connectivity index (χ3n) is 4.30. The fraction of sp³-hybridized carbons (Fsp3) is 0.684. The van der Waals surface area contributed by atoms with Crippen molar-refractivity contribution in [1.29, 1.82) is 0 Å². The van der Waals surface area contributed by atoms with Crippen molar-refractivity contribution < 1.29 is 0 Å². The Morgan fingerprint density at radius 1 is 0.900 bits per heavy atom. The van der Waals surface area contributed by atoms with Gasteiger partial charge in [0.05, 0.1) is 0 Å². The molecule has 0 aliphatic heterocycles. The van der Waals surface area contributed by atoms with Gasteiger partial charge in [0, 0.05) is 6.04 Å². The number of hydrogen-bond donors (Lipinski definition) is 1. The van der Waals surface area contributed by atoms with Crippen LogP contribution in [-0.4, -0.2) is 6.54 Å². The molecule has 1 heteroatoms. The average molecular weight is 275 g/mol. The van der Waals surface area contributed by atoms with Gasteiger partial charge in [0.2, 0.25) is 0 Å². The third-order valence-corrected chi connectivity index (χ3v) is 4.30. The average Bonchev–Trinajstić information content (AvgIpc) is 2.50. The topological polar surface area (TPSA) is 12.0 Å². The van der Waals surface area contributed by atoms with Gasteiger partial charge in [-0.2, -0.15) is 0 Å². The van der Waals surface area contributed by atoms with Crippen LogP contribution in [0.5, 0.6) is 0 Å². The van der Waals surface area contributed by atoms with E-state index in [0.717, 1.165) is 12.5 Å². The summed E-state index contributed by atoms with van der Waals surface area (Å²) in [6.45, 7) is 7.89. The Morgan fingerprint density at radius 2 is 1.60 bits per heavy atom. The molecule has 2 unspecified atom stereocenters. The molecular weight excluding hydrogens is 242 g/mol. The first-order chi connectivity index (χ1) is 9.81. The van der Waals surface area contributed by atoms with Crippen molar-refractivity contribution in [2.75, 3.05) is 6.54 Å². The van der Waals surface area contributed by atoms with Crippen LogP contribution in [0.1, 0.15) is 77.3 Å². The highest BCUT2D eigenvalue weighted by Gasteiger charge is 2.11. The summed E-state index contributed by atoms with van der Waals surface area (Å²) in [6.07, 6.45) is 9.50. The maximum absolute atomic E-state index is 3.63. The highest BCUT2D eigenvalue weighted by atomic mass is 14.9. The van der Waals surface area contributed by atoms with Crippen molar-refractivity contribution in [1.82, 2.24) is 5.32 Å². The summed E-state index contributed by atoms with van der Waals surface area (Å²) in [5, 5.41) is 3.63. The lowest BCUT2D eigenvalue weighted by molar-refractivity contribution is 0.384. The molecule has 0 aliphatic rings. The molecule has 20 heavy (non-hydrogen) atoms. The van der Waals surface area contributed by atoms with Gasteiger partial charge in [-0.1, -0.05) is 89.6 Å². The van der Waals surface area contributed by atoms with Crippen LogP contribution in [0.2, 0.25) is 0 Å². The predicted octanol–water partition coefficient (Wildman–Crippen LogP) is 5.72. The minimum atomic E-state index is 0.532. The standard InChI is InChI=1S/C19H33N/c1-4-7-12-17(5-2)13-11-16-19(20-6-3)18-14-9-8-10-15-18/h8-10,14-15,17,19-20H,4-7,11-13,16H2,1-3H3. The van der Waals surface area contributed by atoms with Crippen molar-refractivity contribution in [2.24, 2.45) is 5.92 Å². The summed E-state index contributed by atoms with van der Waals surface area (Å²) in [5.74, 6) is 0.938. The smallest absolute Gasteiger partial charge is 0.0320 e. The largest absolute Gasteiger partial charge is 0.310 e. The van der Waals surface area contributed by atoms with E-state index in [9.17, 15) is 0 Å². The Kier molecular flexibility index (Phi) is 9.40. The van der Waals surface area contributed by atoms with Crippen molar-refractivity contribution in [3.8, 4) is 0 Å². The van der Waals surface area contributed by atoms with Gasteiger partial charge in [0.1, 0.15) is 0 Å². The highest BCUT2D eigenvalue weighted by Crippen LogP contribution is 2.24. The Hall–Kier alpha value is -0.820. The molecular formula is C19H33N. The van der Waals surface area contributed by atoms with E-state index in [4.69, 9.17) is 0 Å². The van der Waals surface area contributed by atoms with Crippen LogP contribution in [0.15, 0.2) is 30.3 Å². The van der Waals surface area contributed by atoms with Crippen LogP contribution in [0.4, 0.5) is 0 Å². The first kappa shape index (κ1) is 17.2. The Morgan fingerprint density at radius 3 is 2.20 bits per heavy atom. The van der Waals surface area contributed by atoms with E-state index in [-0.39, 0.29) is 0 Å². The van der Waals surface area contributed by atoms with Gasteiger partial charge in [0.25, 0.3) is 0 Å². The quantitative estimate of drug-likeness (QED) is 0.544. The van der Waals surface area contributed by atoms with Gasteiger partial charge in [-0.25, -0.2) is 0 Å². The van der Waals surface area contributed by atoms with Crippen molar-refractivity contribution >= 4 is 0 Å². The van der Waals surface area contributed by atoms with E-state index in [1.165, 1.54) is 50.5 Å². The molecule has 2 atom stereocenters. The summed E-state index contributed by atoms with van der Waals surface area (Å²) >= 11 is 0. The highest BCUT2D eigenvalue weighted by molar-refractivity contribution is 5.18. The van der Waals surface area contributed by atoms with Gasteiger partial charge in [-0.05, 0) is 24.4 Å². The lowest BCUT2D eigenvalue weighted by Crippen LogP contribution is -2.21. The van der Waals surface area contributed by atoms with Gasteiger partial charge in [0.15, 0.2) is 0 Å². The third kappa shape index (κ3) is 6.56. The first-order valence-corrected chi connectivity index (χ1v) is 8.60. The molecule has 0 saturated carbocycles. The SMILES string of the molecule is CCCCC(CC)CCCC(NCC)c1ccccc1. The van der Waals surface area contributed by atoms with E-state index in [1.807, 2.05) is 0 Å². The number of rotatable bonds is 11. The molecule has 0 saturated heterocycles. The minimum absolute atomic E-state index is 0.532. The summed E-state index contributed by atoms with van der Waals surface area (Å²) in [5.41, 5.74) is 1.44. The molecule has 1 N–H and O–H groups in total. The zero-order chi connectivity index (χ0) is 14.6. The van der Waals surface area contributed by atoms with Crippen LogP contribution in [0.25, 0.3) is 0 Å². The van der Waals surface area contributed by atoms with Crippen LogP contribution in [0, 0.1) is 5.92 Å². The zero-order valence-electron chi connectivity index (χ0n) is 13.7. The predicted molar refractivity (Wildman–Crippen MR) is 90.0 cm³/mol. The first-order valence-electron chi connectivity index (χ1n) is 8.60. The fourth-order valence-electron chi connectivity index (χ4n) is 2.97. The molecule has 1 aromatic carbocycles. The molecule has 0 aromatic heterocycles. The van der Waals surface area contributed by atoms with Crippen LogP contribution >= 0.6 is 0 Å². The van der Waals surface area contributed by atoms with E-state index >= 15 is 0 Å². The van der Waals surface area contributed by atoms with Crippen molar-refractivity contribution in [3.63, 3.8) is 0 Å². The second kappa shape index (κ2) is 10.9. The van der Waals surface area contributed by atoms with Gasteiger partial charge < -0.3 is 5.32 Å². The molecule has 0 bridgehead atoms. The monoisotopic (exact) mass is 275 g/mol. The van der Waals surface area contributed by atoms with Crippen molar-refractivity contribution in [2.45, 2.75) is 71.8 Å². The molecule has 114 valence electrons. The summed E-state index contributed by atoms with van der Waals surface area (Å²) < 4.78 is 0. The van der Waals surface area contributed by atoms with Crippen LogP contribution in [0.3, 0.4) is 0 Å². The molecule has 0 aliphatic carbocycles. The number of hydrogen-bond acceptors (Lipinski definition) is 1. The Labute approximate surface area is 126 Å². The maximum Gasteiger partial charge on any atom is 0.0320 e. The lowest BCUT2D eigenvalue weighted by atomic mass is 9.91. The lowest BCUT2D eigenvalue weighted by Gasteiger charge is -2.20. The second-order valence-corrected chi connectivity index (χ2v) is 5.87. The summed E-state index contributed by atoms with van der Waals surface area (Å²) in [7, 11) is 0. The zero-order valence-corrected chi connectivity index (χ0v) is 13.7. The number of unbranched alkanes of at least 4 members (excludes halogenated alkanes) is 1. The van der Waals surface area contributed by atoms with Crippen LogP contribution < -0.4 is 5.32 Å². The molecule has 1 rings (SSSR count). The van der Waals surface area contributed by atoms with E-state index in [2.05, 4.69) is 56.4 Å². The fourth-order valence-corrected chi connectivity index (χ4v) is 2.97. The number of benzene rings is 1. The van der Waals surface area contributed by atoms with E-state index in [0.29, 0.717) is 6.04 Å². The van der Waals surface area contributed by atoms with E-state index in [1.54, 1.807) is 0 Å². The van der Waals surface area contributed by atoms with Gasteiger partial charge >= 0.3 is 0 Å². The Balaban J connectivity index is 2.39. The molecule has 0 radical (unpaired) electrons. The maximum atomic E-state index is 3.63. The second-order valence-electron chi connectivity index (χ2n) is 5.87. The normalized spacial score (nSPS) is 14.2. The molecule has 0 amide bonds. The van der Waals surface area contributed by atoms with Crippen LogP contribution in [-0.2, 0) is 0 Å². The minimum Gasteiger partial charge on any atom is -0.310 e. The van der Waals surface area contributed by atoms with E-state index < -0.39 is 0 Å². The molecule has 0 fully saturated rings. The molecule has 1 aromatic rings. The summed E-state index contributed by atoms with van der Waals surface area (Å²) in [6, 6.07) is 11.4. The molecule has 1 nitrogen and oxygen atoms in total. The van der Waals surface area contributed by atoms with Crippen molar-refractivity contribution in [3.05, 3.63) is 35.9 Å². The number of nitrogens with one attached hydrogen (secondary N) is 1. The molecule has 0 heterocycles. The summed E-state index contributed by atoms with van der Waals surface area (Å²) in [4.78, 5) is 0. The Bertz CT molecular complexity index is 320. The molecule has 0 spiro atoms.